The average Bonchev–Trinajstić information content (AvgIpc) is 2.72. The van der Waals surface area contributed by atoms with E-state index in [4.69, 9.17) is 10.5 Å². The Bertz CT molecular complexity index is 468. The van der Waals surface area contributed by atoms with Crippen LogP contribution in [-0.2, 0) is 27.2 Å². The van der Waals surface area contributed by atoms with Crippen LogP contribution in [0.1, 0.15) is 36.6 Å². The fourth-order valence-electron chi connectivity index (χ4n) is 1.72. The van der Waals surface area contributed by atoms with Crippen LogP contribution in [0.2, 0.25) is 0 Å². The zero-order valence-electron chi connectivity index (χ0n) is 11.4. The number of nitrogens with two attached hydrogens (primary N) is 1. The number of hydrogen-bond donors (Lipinski definition) is 1. The van der Waals surface area contributed by atoms with Crippen LogP contribution in [0.5, 0.6) is 0 Å². The lowest BCUT2D eigenvalue weighted by Crippen LogP contribution is -2.13. The van der Waals surface area contributed by atoms with Crippen molar-refractivity contribution in [2.75, 3.05) is 19.5 Å². The highest BCUT2D eigenvalue weighted by Gasteiger charge is 2.20. The number of carbonyl (C=O) groups excluding carboxylic acids is 2. The molecule has 0 aliphatic heterocycles. The van der Waals surface area contributed by atoms with Gasteiger partial charge in [0.25, 0.3) is 0 Å². The Morgan fingerprint density at radius 2 is 2.05 bits per heavy atom. The van der Waals surface area contributed by atoms with Crippen LogP contribution in [0.15, 0.2) is 0 Å². The van der Waals surface area contributed by atoms with Crippen molar-refractivity contribution in [3.8, 4) is 0 Å². The van der Waals surface area contributed by atoms with E-state index in [1.807, 2.05) is 6.92 Å². The summed E-state index contributed by atoms with van der Waals surface area (Å²) in [6, 6.07) is 0. The molecular formula is C12H19N3O4. The quantitative estimate of drug-likeness (QED) is 0.766. The summed E-state index contributed by atoms with van der Waals surface area (Å²) >= 11 is 0. The van der Waals surface area contributed by atoms with Crippen LogP contribution in [0.25, 0.3) is 0 Å². The van der Waals surface area contributed by atoms with Crippen LogP contribution < -0.4 is 5.73 Å². The van der Waals surface area contributed by atoms with E-state index in [1.165, 1.54) is 7.11 Å². The molecule has 106 valence electrons. The molecule has 0 atom stereocenters. The van der Waals surface area contributed by atoms with Crippen molar-refractivity contribution < 1.29 is 19.1 Å². The first-order valence-electron chi connectivity index (χ1n) is 6.13. The van der Waals surface area contributed by atoms with Crippen molar-refractivity contribution in [2.45, 2.75) is 33.2 Å². The van der Waals surface area contributed by atoms with E-state index < -0.39 is 5.97 Å². The summed E-state index contributed by atoms with van der Waals surface area (Å²) in [5, 5.41) is 0. The van der Waals surface area contributed by atoms with Crippen molar-refractivity contribution >= 4 is 17.8 Å². The van der Waals surface area contributed by atoms with Crippen molar-refractivity contribution in [2.24, 2.45) is 0 Å². The van der Waals surface area contributed by atoms with Crippen LogP contribution in [0, 0.1) is 0 Å². The average molecular weight is 269 g/mol. The third-order valence-electron chi connectivity index (χ3n) is 2.63. The van der Waals surface area contributed by atoms with E-state index in [0.29, 0.717) is 25.4 Å². The number of rotatable bonds is 6. The summed E-state index contributed by atoms with van der Waals surface area (Å²) in [7, 11) is 1.27. The number of nitrogens with zero attached hydrogens (tertiary/aromatic N) is 2. The normalized spacial score (nSPS) is 10.3. The molecule has 1 heterocycles. The van der Waals surface area contributed by atoms with E-state index in [0.717, 1.165) is 0 Å². The molecule has 1 aromatic heterocycles. The monoisotopic (exact) mass is 269 g/mol. The fourth-order valence-corrected chi connectivity index (χ4v) is 1.72. The third-order valence-corrected chi connectivity index (χ3v) is 2.63. The van der Waals surface area contributed by atoms with Crippen LogP contribution in [0.4, 0.5) is 5.82 Å². The molecule has 0 unspecified atom stereocenters. The van der Waals surface area contributed by atoms with Crippen LogP contribution in [-0.4, -0.2) is 35.2 Å². The van der Waals surface area contributed by atoms with E-state index in [9.17, 15) is 9.59 Å². The fraction of sp³-hybridized carbons (Fsp3) is 0.583. The number of esters is 2. The second-order valence-corrected chi connectivity index (χ2v) is 3.81. The maximum absolute atomic E-state index is 11.5. The first-order chi connectivity index (χ1) is 9.04. The molecule has 0 amide bonds. The number of carbonyl (C=O) groups is 2. The predicted molar refractivity (Wildman–Crippen MR) is 68.6 cm³/mol. The Balaban J connectivity index is 2.90. The van der Waals surface area contributed by atoms with Gasteiger partial charge in [0, 0.05) is 13.0 Å². The number of aromatic nitrogens is 2. The number of anilines is 1. The van der Waals surface area contributed by atoms with Gasteiger partial charge in [0.05, 0.1) is 20.1 Å². The molecule has 0 saturated heterocycles. The summed E-state index contributed by atoms with van der Waals surface area (Å²) < 4.78 is 11.1. The maximum atomic E-state index is 11.5. The van der Waals surface area contributed by atoms with E-state index in [2.05, 4.69) is 9.72 Å². The van der Waals surface area contributed by atoms with Gasteiger partial charge in [0.1, 0.15) is 11.6 Å². The molecule has 0 spiro atoms. The number of ether oxygens (including phenoxy) is 2. The van der Waals surface area contributed by atoms with Gasteiger partial charge in [-0.3, -0.25) is 4.79 Å². The molecule has 2 N–H and O–H groups in total. The standard InChI is InChI=1S/C12H19N3O4/c1-4-8-14-10(12(17)18-3)11(13)15(8)7-6-9(16)19-5-2/h4-7,13H2,1-3H3. The summed E-state index contributed by atoms with van der Waals surface area (Å²) in [5.74, 6) is -0.0328. The zero-order chi connectivity index (χ0) is 14.4. The second kappa shape index (κ2) is 6.77. The van der Waals surface area contributed by atoms with Crippen molar-refractivity contribution in [3.63, 3.8) is 0 Å². The lowest BCUT2D eigenvalue weighted by atomic mass is 10.4. The van der Waals surface area contributed by atoms with Gasteiger partial charge < -0.3 is 19.8 Å². The van der Waals surface area contributed by atoms with Crippen LogP contribution in [0.3, 0.4) is 0 Å². The number of aryl methyl sites for hydroxylation is 1. The van der Waals surface area contributed by atoms with Crippen molar-refractivity contribution in [3.05, 3.63) is 11.5 Å². The molecule has 7 nitrogen and oxygen atoms in total. The summed E-state index contributed by atoms with van der Waals surface area (Å²) in [6.07, 6.45) is 0.784. The largest absolute Gasteiger partial charge is 0.466 e. The second-order valence-electron chi connectivity index (χ2n) is 3.81. The molecule has 1 aromatic rings. The van der Waals surface area contributed by atoms with E-state index in [1.54, 1.807) is 11.5 Å². The predicted octanol–water partition coefficient (Wildman–Crippen LogP) is 0.767. The number of imidazole rings is 1. The van der Waals surface area contributed by atoms with Gasteiger partial charge in [-0.1, -0.05) is 6.92 Å². The van der Waals surface area contributed by atoms with Gasteiger partial charge in [0.15, 0.2) is 5.69 Å². The van der Waals surface area contributed by atoms with E-state index >= 15 is 0 Å². The molecule has 19 heavy (non-hydrogen) atoms. The molecule has 0 saturated carbocycles. The van der Waals surface area contributed by atoms with E-state index in [-0.39, 0.29) is 23.9 Å². The highest BCUT2D eigenvalue weighted by atomic mass is 16.5. The topological polar surface area (TPSA) is 96.4 Å². The molecule has 0 aliphatic carbocycles. The summed E-state index contributed by atoms with van der Waals surface area (Å²) in [6.45, 7) is 4.31. The highest BCUT2D eigenvalue weighted by molar-refractivity contribution is 5.92. The van der Waals surface area contributed by atoms with Gasteiger partial charge in [-0.2, -0.15) is 0 Å². The van der Waals surface area contributed by atoms with Gasteiger partial charge in [-0.25, -0.2) is 9.78 Å². The Labute approximate surface area is 111 Å². The Morgan fingerprint density at radius 1 is 1.37 bits per heavy atom. The molecule has 0 fully saturated rings. The SMILES string of the molecule is CCOC(=O)CCn1c(CC)nc(C(=O)OC)c1N. The zero-order valence-corrected chi connectivity index (χ0v) is 11.4. The van der Waals surface area contributed by atoms with Crippen LogP contribution >= 0.6 is 0 Å². The summed E-state index contributed by atoms with van der Waals surface area (Å²) in [5.41, 5.74) is 5.95. The number of hydrogen-bond acceptors (Lipinski definition) is 6. The molecule has 1 rings (SSSR count). The maximum Gasteiger partial charge on any atom is 0.360 e. The highest BCUT2D eigenvalue weighted by Crippen LogP contribution is 2.17. The number of nitrogen functional groups attached to an aromatic ring is 1. The first kappa shape index (κ1) is 15.0. The summed E-state index contributed by atoms with van der Waals surface area (Å²) in [4.78, 5) is 27.0. The molecule has 0 radical (unpaired) electrons. The Morgan fingerprint density at radius 3 is 2.58 bits per heavy atom. The molecule has 7 heteroatoms. The Kier molecular flexibility index (Phi) is 5.35. The Hall–Kier alpha value is -2.05. The van der Waals surface area contributed by atoms with Gasteiger partial charge >= 0.3 is 11.9 Å². The van der Waals surface area contributed by atoms with Gasteiger partial charge in [-0.05, 0) is 6.92 Å². The third kappa shape index (κ3) is 3.46. The molecule has 0 aliphatic rings. The number of methoxy groups -OCH3 is 1. The molecule has 0 bridgehead atoms. The lowest BCUT2D eigenvalue weighted by Gasteiger charge is -2.08. The van der Waals surface area contributed by atoms with Crippen molar-refractivity contribution in [1.82, 2.24) is 9.55 Å². The van der Waals surface area contributed by atoms with Gasteiger partial charge in [0.2, 0.25) is 0 Å². The molecular weight excluding hydrogens is 250 g/mol. The minimum absolute atomic E-state index is 0.0863. The van der Waals surface area contributed by atoms with Gasteiger partial charge in [-0.15, -0.1) is 0 Å². The minimum atomic E-state index is -0.581. The first-order valence-corrected chi connectivity index (χ1v) is 6.13. The smallest absolute Gasteiger partial charge is 0.360 e. The molecule has 0 aromatic carbocycles. The lowest BCUT2D eigenvalue weighted by molar-refractivity contribution is -0.143. The minimum Gasteiger partial charge on any atom is -0.466 e. The van der Waals surface area contributed by atoms with Crippen molar-refractivity contribution in [1.29, 1.82) is 0 Å².